The van der Waals surface area contributed by atoms with Gasteiger partial charge in [-0.25, -0.2) is 9.97 Å². The Morgan fingerprint density at radius 1 is 1.09 bits per heavy atom. The van der Waals surface area contributed by atoms with Crippen molar-refractivity contribution in [2.45, 2.75) is 84.5 Å². The van der Waals surface area contributed by atoms with Gasteiger partial charge in [0.15, 0.2) is 0 Å². The van der Waals surface area contributed by atoms with Crippen LogP contribution < -0.4 is 4.90 Å². The third kappa shape index (κ3) is 4.15. The Morgan fingerprint density at radius 2 is 1.84 bits per heavy atom. The fourth-order valence-electron chi connectivity index (χ4n) is 5.72. The largest absolute Gasteiger partial charge is 0.352 e. The highest BCUT2D eigenvalue weighted by Gasteiger charge is 2.31. The molecule has 32 heavy (non-hydrogen) atoms. The van der Waals surface area contributed by atoms with Crippen molar-refractivity contribution in [3.8, 4) is 0 Å². The summed E-state index contributed by atoms with van der Waals surface area (Å²) in [6.07, 6.45) is 10.5. The quantitative estimate of drug-likeness (QED) is 0.607. The Kier molecular flexibility index (Phi) is 6.42. The van der Waals surface area contributed by atoms with Gasteiger partial charge in [0, 0.05) is 42.9 Å². The molecule has 0 N–H and O–H groups in total. The predicted octanol–water partition coefficient (Wildman–Crippen LogP) is 5.56. The number of aromatic nitrogens is 2. The minimum Gasteiger partial charge on any atom is -0.352 e. The van der Waals surface area contributed by atoms with Crippen LogP contribution >= 0.6 is 11.3 Å². The van der Waals surface area contributed by atoms with Crippen LogP contribution in [0.5, 0.6) is 0 Å². The molecule has 0 radical (unpaired) electrons. The third-order valence-electron chi connectivity index (χ3n) is 8.05. The number of fused-ring (bicyclic) bond motifs is 3. The number of anilines is 1. The van der Waals surface area contributed by atoms with Crippen molar-refractivity contribution in [3.05, 3.63) is 16.3 Å². The maximum atomic E-state index is 13.1. The van der Waals surface area contributed by atoms with E-state index in [0.717, 1.165) is 69.4 Å². The lowest BCUT2D eigenvalue weighted by atomic mass is 9.88. The molecule has 0 aromatic carbocycles. The highest BCUT2D eigenvalue weighted by atomic mass is 32.1. The van der Waals surface area contributed by atoms with Gasteiger partial charge in [-0.15, -0.1) is 11.3 Å². The molecule has 6 heteroatoms. The van der Waals surface area contributed by atoms with Crippen molar-refractivity contribution < 1.29 is 4.79 Å². The average Bonchev–Trinajstić information content (AvgIpc) is 3.20. The number of amides is 1. The molecular weight excluding hydrogens is 416 g/mol. The van der Waals surface area contributed by atoms with Crippen LogP contribution in [-0.4, -0.2) is 47.0 Å². The molecule has 5 nitrogen and oxygen atoms in total. The molecule has 2 fully saturated rings. The van der Waals surface area contributed by atoms with Gasteiger partial charge < -0.3 is 9.80 Å². The zero-order valence-electron chi connectivity index (χ0n) is 20.0. The van der Waals surface area contributed by atoms with Gasteiger partial charge >= 0.3 is 0 Å². The molecular formula is C26H38N4OS. The fraction of sp³-hybridized carbons (Fsp3) is 0.731. The molecule has 1 amide bonds. The molecule has 1 saturated heterocycles. The summed E-state index contributed by atoms with van der Waals surface area (Å²) in [6.45, 7) is 10.2. The monoisotopic (exact) mass is 454 g/mol. The number of aryl methyl sites for hydroxylation is 1. The molecule has 2 aliphatic carbocycles. The highest BCUT2D eigenvalue weighted by molar-refractivity contribution is 7.19. The van der Waals surface area contributed by atoms with Crippen LogP contribution in [0.1, 0.15) is 87.9 Å². The summed E-state index contributed by atoms with van der Waals surface area (Å²) >= 11 is 1.91. The maximum absolute atomic E-state index is 13.1. The Labute approximate surface area is 196 Å². The van der Waals surface area contributed by atoms with Gasteiger partial charge in [-0.3, -0.25) is 4.79 Å². The lowest BCUT2D eigenvalue weighted by molar-refractivity contribution is -0.136. The predicted molar refractivity (Wildman–Crippen MR) is 133 cm³/mol. The summed E-state index contributed by atoms with van der Waals surface area (Å²) in [6, 6.07) is 0. The molecule has 0 unspecified atom stereocenters. The summed E-state index contributed by atoms with van der Waals surface area (Å²) in [5.74, 6) is 3.92. The number of hydrogen-bond donors (Lipinski definition) is 0. The second-order valence-corrected chi connectivity index (χ2v) is 11.5. The Hall–Kier alpha value is -1.69. The number of rotatable bonds is 4. The van der Waals surface area contributed by atoms with E-state index in [1.165, 1.54) is 52.8 Å². The topological polar surface area (TPSA) is 49.3 Å². The average molecular weight is 455 g/mol. The summed E-state index contributed by atoms with van der Waals surface area (Å²) in [7, 11) is 0. The molecule has 0 spiro atoms. The first-order valence-corrected chi connectivity index (χ1v) is 13.7. The van der Waals surface area contributed by atoms with E-state index in [0.29, 0.717) is 11.8 Å². The molecule has 2 aromatic heterocycles. The van der Waals surface area contributed by atoms with Gasteiger partial charge in [-0.1, -0.05) is 40.0 Å². The number of thiophene rings is 1. The van der Waals surface area contributed by atoms with Gasteiger partial charge in [0.05, 0.1) is 5.39 Å². The van der Waals surface area contributed by atoms with Gasteiger partial charge in [0.2, 0.25) is 5.91 Å². The van der Waals surface area contributed by atoms with E-state index in [1.54, 1.807) is 0 Å². The van der Waals surface area contributed by atoms with E-state index in [4.69, 9.17) is 9.97 Å². The van der Waals surface area contributed by atoms with Crippen molar-refractivity contribution in [2.24, 2.45) is 11.8 Å². The van der Waals surface area contributed by atoms with Crippen molar-refractivity contribution in [3.63, 3.8) is 0 Å². The van der Waals surface area contributed by atoms with Crippen LogP contribution in [0.4, 0.5) is 5.82 Å². The molecule has 1 saturated carbocycles. The van der Waals surface area contributed by atoms with E-state index < -0.39 is 0 Å². The second-order valence-electron chi connectivity index (χ2n) is 10.4. The van der Waals surface area contributed by atoms with E-state index in [2.05, 4.69) is 30.6 Å². The van der Waals surface area contributed by atoms with Crippen LogP contribution in [0.25, 0.3) is 10.2 Å². The molecule has 174 valence electrons. The molecule has 2 aromatic rings. The van der Waals surface area contributed by atoms with Gasteiger partial charge in [0.1, 0.15) is 16.5 Å². The Morgan fingerprint density at radius 3 is 2.56 bits per heavy atom. The van der Waals surface area contributed by atoms with E-state index in [9.17, 15) is 4.79 Å². The Balaban J connectivity index is 1.42. The smallest absolute Gasteiger partial charge is 0.225 e. The van der Waals surface area contributed by atoms with Gasteiger partial charge in [0.25, 0.3) is 0 Å². The van der Waals surface area contributed by atoms with E-state index >= 15 is 0 Å². The minimum atomic E-state index is 0.268. The lowest BCUT2D eigenvalue weighted by Crippen LogP contribution is -2.51. The number of carbonyl (C=O) groups is 1. The molecule has 5 rings (SSSR count). The standard InChI is InChI=1S/C26H38N4OS/c1-4-18(3)23-27-24(22-20-11-10-17(2)16-21(20)32-25(22)28-23)29-12-14-30(15-13-29)26(31)19-8-6-5-7-9-19/h17-19H,4-16H2,1-3H3/t17-,18-/m1/s1. The summed E-state index contributed by atoms with van der Waals surface area (Å²) in [4.78, 5) is 30.6. The van der Waals surface area contributed by atoms with Crippen molar-refractivity contribution in [1.82, 2.24) is 14.9 Å². The number of piperazine rings is 1. The van der Waals surface area contributed by atoms with Gasteiger partial charge in [-0.2, -0.15) is 0 Å². The summed E-state index contributed by atoms with van der Waals surface area (Å²) in [5, 5.41) is 1.32. The number of hydrogen-bond acceptors (Lipinski definition) is 5. The van der Waals surface area contributed by atoms with Crippen molar-refractivity contribution >= 4 is 33.3 Å². The number of nitrogens with zero attached hydrogens (tertiary/aromatic N) is 4. The highest BCUT2D eigenvalue weighted by Crippen LogP contribution is 2.42. The first-order chi connectivity index (χ1) is 15.5. The van der Waals surface area contributed by atoms with Crippen molar-refractivity contribution in [2.75, 3.05) is 31.1 Å². The third-order valence-corrected chi connectivity index (χ3v) is 9.20. The normalized spacial score (nSPS) is 23.4. The van der Waals surface area contributed by atoms with Crippen LogP contribution in [-0.2, 0) is 17.6 Å². The lowest BCUT2D eigenvalue weighted by Gasteiger charge is -2.38. The van der Waals surface area contributed by atoms with E-state index in [1.807, 2.05) is 11.3 Å². The molecule has 3 heterocycles. The second kappa shape index (κ2) is 9.28. The Bertz CT molecular complexity index is 972. The van der Waals surface area contributed by atoms with Gasteiger partial charge in [-0.05, 0) is 50.0 Å². The maximum Gasteiger partial charge on any atom is 0.225 e. The molecule has 3 aliphatic rings. The van der Waals surface area contributed by atoms with Crippen LogP contribution in [0, 0.1) is 11.8 Å². The molecule has 1 aliphatic heterocycles. The van der Waals surface area contributed by atoms with Crippen LogP contribution in [0.15, 0.2) is 0 Å². The minimum absolute atomic E-state index is 0.268. The van der Waals surface area contributed by atoms with Crippen LogP contribution in [0.3, 0.4) is 0 Å². The van der Waals surface area contributed by atoms with E-state index in [-0.39, 0.29) is 5.92 Å². The summed E-state index contributed by atoms with van der Waals surface area (Å²) in [5.41, 5.74) is 1.51. The SMILES string of the molecule is CC[C@@H](C)c1nc(N2CCN(C(=O)C3CCCCC3)CC2)c2c3c(sc2n1)C[C@H](C)CC3. The molecule has 0 bridgehead atoms. The zero-order valence-corrected chi connectivity index (χ0v) is 20.8. The number of carbonyl (C=O) groups excluding carboxylic acids is 1. The molecule has 2 atom stereocenters. The van der Waals surface area contributed by atoms with Crippen molar-refractivity contribution in [1.29, 1.82) is 0 Å². The first kappa shape index (κ1) is 22.1. The summed E-state index contributed by atoms with van der Waals surface area (Å²) < 4.78 is 0. The zero-order chi connectivity index (χ0) is 22.2. The first-order valence-electron chi connectivity index (χ1n) is 12.9. The van der Waals surface area contributed by atoms with Crippen LogP contribution in [0.2, 0.25) is 0 Å². The fourth-order valence-corrected chi connectivity index (χ4v) is 7.10.